The molecule has 0 aromatic heterocycles. The number of nitrogens with one attached hydrogen (secondary N) is 1. The van der Waals surface area contributed by atoms with E-state index in [4.69, 9.17) is 34.8 Å². The van der Waals surface area contributed by atoms with Crippen molar-refractivity contribution in [1.82, 2.24) is 0 Å². The molecule has 3 rings (SSSR count). The van der Waals surface area contributed by atoms with E-state index >= 15 is 0 Å². The molecule has 0 unspecified atom stereocenters. The summed E-state index contributed by atoms with van der Waals surface area (Å²) < 4.78 is 0. The molecule has 0 atom stereocenters. The standard InChI is InChI=1S/C12H6Cl3NS/c13-6-1-2-9-10(4-6)17-11-5-7(14)3-8(15)12(11)16-9/h1-5,16H. The van der Waals surface area contributed by atoms with Crippen LogP contribution in [0.4, 0.5) is 11.4 Å². The van der Waals surface area contributed by atoms with Crippen molar-refractivity contribution in [1.29, 1.82) is 0 Å². The van der Waals surface area contributed by atoms with Crippen LogP contribution in [0.2, 0.25) is 15.1 Å². The van der Waals surface area contributed by atoms with Crippen molar-refractivity contribution in [3.8, 4) is 0 Å². The van der Waals surface area contributed by atoms with E-state index in [1.165, 1.54) is 0 Å². The summed E-state index contributed by atoms with van der Waals surface area (Å²) in [5.74, 6) is 0. The molecular weight excluding hydrogens is 297 g/mol. The normalized spacial score (nSPS) is 12.6. The van der Waals surface area contributed by atoms with E-state index in [1.54, 1.807) is 17.8 Å². The van der Waals surface area contributed by atoms with Gasteiger partial charge in [-0.25, -0.2) is 0 Å². The Balaban J connectivity index is 2.14. The fourth-order valence-electron chi connectivity index (χ4n) is 1.69. The maximum absolute atomic E-state index is 6.16. The van der Waals surface area contributed by atoms with Crippen LogP contribution < -0.4 is 5.32 Å². The molecule has 1 nitrogen and oxygen atoms in total. The van der Waals surface area contributed by atoms with Gasteiger partial charge in [0.15, 0.2) is 0 Å². The van der Waals surface area contributed by atoms with E-state index < -0.39 is 0 Å². The minimum absolute atomic E-state index is 0.626. The molecule has 0 aliphatic carbocycles. The lowest BCUT2D eigenvalue weighted by molar-refractivity contribution is 1.31. The van der Waals surface area contributed by atoms with Crippen LogP contribution in [0.1, 0.15) is 0 Å². The van der Waals surface area contributed by atoms with E-state index in [0.29, 0.717) is 10.0 Å². The van der Waals surface area contributed by atoms with Gasteiger partial charge in [0.05, 0.1) is 16.4 Å². The molecule has 1 aliphatic rings. The Labute approximate surface area is 118 Å². The van der Waals surface area contributed by atoms with Gasteiger partial charge in [-0.1, -0.05) is 46.6 Å². The van der Waals surface area contributed by atoms with Gasteiger partial charge < -0.3 is 5.32 Å². The minimum atomic E-state index is 0.626. The number of anilines is 2. The monoisotopic (exact) mass is 301 g/mol. The van der Waals surface area contributed by atoms with E-state index in [1.807, 2.05) is 24.3 Å². The molecule has 0 saturated heterocycles. The summed E-state index contributed by atoms with van der Waals surface area (Å²) in [5.41, 5.74) is 1.91. The lowest BCUT2D eigenvalue weighted by Crippen LogP contribution is -2.00. The number of rotatable bonds is 0. The van der Waals surface area contributed by atoms with Crippen molar-refractivity contribution in [2.75, 3.05) is 5.32 Å². The first-order chi connectivity index (χ1) is 8.13. The lowest BCUT2D eigenvalue weighted by Gasteiger charge is -2.22. The van der Waals surface area contributed by atoms with Crippen LogP contribution in [0.5, 0.6) is 0 Å². The first-order valence-electron chi connectivity index (χ1n) is 4.87. The topological polar surface area (TPSA) is 12.0 Å². The summed E-state index contributed by atoms with van der Waals surface area (Å²) >= 11 is 19.7. The molecule has 1 aliphatic heterocycles. The molecule has 0 bridgehead atoms. The predicted molar refractivity (Wildman–Crippen MR) is 75.3 cm³/mol. The Morgan fingerprint density at radius 2 is 1.65 bits per heavy atom. The van der Waals surface area contributed by atoms with Crippen LogP contribution in [0, 0.1) is 0 Å². The highest BCUT2D eigenvalue weighted by Gasteiger charge is 2.18. The van der Waals surface area contributed by atoms with Gasteiger partial charge in [0.25, 0.3) is 0 Å². The second kappa shape index (κ2) is 4.29. The van der Waals surface area contributed by atoms with Gasteiger partial charge in [0.2, 0.25) is 0 Å². The third-order valence-electron chi connectivity index (χ3n) is 2.44. The van der Waals surface area contributed by atoms with Crippen LogP contribution in [0.25, 0.3) is 0 Å². The van der Waals surface area contributed by atoms with Gasteiger partial charge in [0, 0.05) is 19.8 Å². The van der Waals surface area contributed by atoms with Crippen molar-refractivity contribution in [3.63, 3.8) is 0 Å². The van der Waals surface area contributed by atoms with Gasteiger partial charge in [-0.05, 0) is 30.3 Å². The molecule has 5 heteroatoms. The highest BCUT2D eigenvalue weighted by Crippen LogP contribution is 2.48. The first kappa shape index (κ1) is 11.5. The Morgan fingerprint density at radius 1 is 0.882 bits per heavy atom. The Morgan fingerprint density at radius 3 is 2.47 bits per heavy atom. The Hall–Kier alpha value is -0.540. The van der Waals surface area contributed by atoms with Crippen LogP contribution in [-0.4, -0.2) is 0 Å². The molecule has 0 fully saturated rings. The van der Waals surface area contributed by atoms with Crippen LogP contribution in [0.15, 0.2) is 40.1 Å². The third-order valence-corrected chi connectivity index (χ3v) is 4.29. The summed E-state index contributed by atoms with van der Waals surface area (Å²) in [4.78, 5) is 2.08. The number of halogens is 3. The highest BCUT2D eigenvalue weighted by molar-refractivity contribution is 7.99. The molecule has 0 radical (unpaired) electrons. The summed E-state index contributed by atoms with van der Waals surface area (Å²) in [7, 11) is 0. The average Bonchev–Trinajstić information content (AvgIpc) is 2.26. The van der Waals surface area contributed by atoms with Crippen molar-refractivity contribution in [2.45, 2.75) is 9.79 Å². The van der Waals surface area contributed by atoms with Crippen LogP contribution >= 0.6 is 46.6 Å². The Bertz CT molecular complexity index is 613. The molecule has 86 valence electrons. The smallest absolute Gasteiger partial charge is 0.0716 e. The fraction of sp³-hybridized carbons (Fsp3) is 0. The van der Waals surface area contributed by atoms with Crippen LogP contribution in [0.3, 0.4) is 0 Å². The number of hydrogen-bond donors (Lipinski definition) is 1. The molecule has 17 heavy (non-hydrogen) atoms. The molecule has 0 saturated carbocycles. The molecular formula is C12H6Cl3NS. The van der Waals surface area contributed by atoms with E-state index in [-0.39, 0.29) is 0 Å². The van der Waals surface area contributed by atoms with Gasteiger partial charge in [0.1, 0.15) is 0 Å². The largest absolute Gasteiger partial charge is 0.352 e. The maximum Gasteiger partial charge on any atom is 0.0716 e. The van der Waals surface area contributed by atoms with Crippen molar-refractivity contribution >= 4 is 57.9 Å². The van der Waals surface area contributed by atoms with Crippen molar-refractivity contribution in [2.24, 2.45) is 0 Å². The zero-order valence-electron chi connectivity index (χ0n) is 8.43. The molecule has 1 heterocycles. The summed E-state index contributed by atoms with van der Waals surface area (Å²) in [5, 5.41) is 5.27. The molecule has 2 aromatic rings. The Kier molecular flexibility index (Phi) is 2.91. The minimum Gasteiger partial charge on any atom is -0.352 e. The fourth-order valence-corrected chi connectivity index (χ4v) is 3.69. The summed E-state index contributed by atoms with van der Waals surface area (Å²) in [6.07, 6.45) is 0. The molecule has 1 N–H and O–H groups in total. The first-order valence-corrected chi connectivity index (χ1v) is 6.82. The summed E-state index contributed by atoms with van der Waals surface area (Å²) in [6.45, 7) is 0. The lowest BCUT2D eigenvalue weighted by atomic mass is 10.2. The summed E-state index contributed by atoms with van der Waals surface area (Å²) in [6, 6.07) is 9.34. The SMILES string of the molecule is Clc1ccc2c(c1)Sc1cc(Cl)cc(Cl)c1N2. The average molecular weight is 303 g/mol. The number of hydrogen-bond acceptors (Lipinski definition) is 2. The predicted octanol–water partition coefficient (Wildman–Crippen LogP) is 5.86. The third kappa shape index (κ3) is 2.11. The zero-order valence-corrected chi connectivity index (χ0v) is 11.5. The maximum atomic E-state index is 6.16. The van der Waals surface area contributed by atoms with Crippen LogP contribution in [-0.2, 0) is 0 Å². The van der Waals surface area contributed by atoms with Crippen molar-refractivity contribution in [3.05, 3.63) is 45.4 Å². The molecule has 0 amide bonds. The molecule has 0 spiro atoms. The number of benzene rings is 2. The molecule has 2 aromatic carbocycles. The quantitative estimate of drug-likeness (QED) is 0.558. The van der Waals surface area contributed by atoms with E-state index in [2.05, 4.69) is 5.32 Å². The number of fused-ring (bicyclic) bond motifs is 2. The van der Waals surface area contributed by atoms with Gasteiger partial charge in [-0.2, -0.15) is 0 Å². The van der Waals surface area contributed by atoms with Gasteiger partial charge in [-0.3, -0.25) is 0 Å². The highest BCUT2D eigenvalue weighted by atomic mass is 35.5. The van der Waals surface area contributed by atoms with E-state index in [0.717, 1.165) is 26.2 Å². The second-order valence-electron chi connectivity index (χ2n) is 3.63. The van der Waals surface area contributed by atoms with E-state index in [9.17, 15) is 0 Å². The zero-order chi connectivity index (χ0) is 12.0. The van der Waals surface area contributed by atoms with Gasteiger partial charge >= 0.3 is 0 Å². The van der Waals surface area contributed by atoms with Crippen molar-refractivity contribution < 1.29 is 0 Å². The van der Waals surface area contributed by atoms with Gasteiger partial charge in [-0.15, -0.1) is 0 Å². The second-order valence-corrected chi connectivity index (χ2v) is 5.99.